The van der Waals surface area contributed by atoms with E-state index in [-0.39, 0.29) is 75.1 Å². The van der Waals surface area contributed by atoms with Gasteiger partial charge in [-0.2, -0.15) is 26.3 Å². The molecule has 4 amide bonds. The lowest BCUT2D eigenvalue weighted by Gasteiger charge is -2.33. The fourth-order valence-corrected chi connectivity index (χ4v) is 12.6. The second-order valence-corrected chi connectivity index (χ2v) is 20.1. The number of carbonyl (C=O) groups excluding carboxylic acids is 4. The van der Waals surface area contributed by atoms with E-state index in [1.807, 2.05) is 0 Å². The van der Waals surface area contributed by atoms with Gasteiger partial charge >= 0.3 is 12.4 Å². The van der Waals surface area contributed by atoms with E-state index in [0.717, 1.165) is 34.1 Å². The Labute approximate surface area is 399 Å². The number of imide groups is 2. The predicted molar refractivity (Wildman–Crippen MR) is 241 cm³/mol. The summed E-state index contributed by atoms with van der Waals surface area (Å²) in [4.78, 5) is 60.1. The maximum absolute atomic E-state index is 14.5. The molecule has 60 heavy (non-hydrogen) atoms. The Morgan fingerprint density at radius 2 is 0.583 bits per heavy atom. The van der Waals surface area contributed by atoms with Crippen molar-refractivity contribution in [2.45, 2.75) is 25.4 Å². The van der Waals surface area contributed by atoms with Gasteiger partial charge in [-0.1, -0.05) is 24.3 Å². The van der Waals surface area contributed by atoms with Crippen LogP contribution in [0.5, 0.6) is 0 Å². The van der Waals surface area contributed by atoms with Crippen molar-refractivity contribution in [3.05, 3.63) is 129 Å². The summed E-state index contributed by atoms with van der Waals surface area (Å²) >= 11 is 29.4. The Bertz CT molecular complexity index is 2830. The van der Waals surface area contributed by atoms with Crippen LogP contribution in [-0.4, -0.2) is 33.4 Å². The van der Waals surface area contributed by atoms with E-state index in [1.54, 1.807) is 0 Å². The van der Waals surface area contributed by atoms with Crippen LogP contribution in [0.3, 0.4) is 0 Å². The summed E-state index contributed by atoms with van der Waals surface area (Å²) in [6.07, 6.45) is -9.17. The van der Waals surface area contributed by atoms with Gasteiger partial charge < -0.3 is 0 Å². The average molecular weight is 1340 g/mol. The number of hydrogen-bond donors (Lipinski definition) is 0. The van der Waals surface area contributed by atoms with Crippen LogP contribution in [0, 0.1) is 0 Å². The molecule has 0 unspecified atom stereocenters. The fourth-order valence-electron chi connectivity index (χ4n) is 7.97. The third kappa shape index (κ3) is 6.03. The average Bonchev–Trinajstić information content (AvgIpc) is 3.18. The highest BCUT2D eigenvalue weighted by Crippen LogP contribution is 2.59. The summed E-state index contributed by atoms with van der Waals surface area (Å²) < 4.78 is 82.5. The van der Waals surface area contributed by atoms with Gasteiger partial charge in [0.2, 0.25) is 0 Å². The van der Waals surface area contributed by atoms with Gasteiger partial charge in [0.1, 0.15) is 0 Å². The van der Waals surface area contributed by atoms with Gasteiger partial charge in [-0.15, -0.1) is 0 Å². The third-order valence-electron chi connectivity index (χ3n) is 10.6. The monoisotopic (exact) mass is 1330 g/mol. The number of amides is 4. The van der Waals surface area contributed by atoms with Crippen molar-refractivity contribution in [2.24, 2.45) is 0 Å². The molecule has 2 aliphatic heterocycles. The smallest absolute Gasteiger partial charge is 0.270 e. The lowest BCUT2D eigenvalue weighted by molar-refractivity contribution is -0.138. The quantitative estimate of drug-likeness (QED) is 0.0762. The zero-order chi connectivity index (χ0) is 43.4. The Hall–Kier alpha value is -2.46. The molecule has 304 valence electrons. The molecule has 7 aromatic rings. The zero-order valence-corrected chi connectivity index (χ0v) is 41.5. The number of carbonyl (C=O) groups is 4. The van der Waals surface area contributed by atoms with Crippen molar-refractivity contribution < 1.29 is 45.5 Å². The van der Waals surface area contributed by atoms with Crippen molar-refractivity contribution in [2.75, 3.05) is 0 Å². The molecule has 0 aromatic heterocycles. The fraction of sp³-hybridized carbons (Fsp3) is 0.100. The summed E-state index contributed by atoms with van der Waals surface area (Å²) in [7, 11) is 0. The molecular formula is C40H12Br8F6N2O4. The topological polar surface area (TPSA) is 74.8 Å². The molecule has 0 aliphatic carbocycles. The van der Waals surface area contributed by atoms with E-state index in [9.17, 15) is 45.5 Å². The molecule has 0 N–H and O–H groups in total. The Morgan fingerprint density at radius 3 is 0.800 bits per heavy atom. The molecule has 2 aliphatic rings. The second kappa shape index (κ2) is 14.5. The van der Waals surface area contributed by atoms with E-state index in [2.05, 4.69) is 127 Å². The minimum Gasteiger partial charge on any atom is -0.270 e. The molecule has 0 radical (unpaired) electrons. The van der Waals surface area contributed by atoms with Crippen LogP contribution in [0.1, 0.15) is 63.7 Å². The van der Waals surface area contributed by atoms with Gasteiger partial charge in [0.15, 0.2) is 0 Å². The summed E-state index contributed by atoms with van der Waals surface area (Å²) in [6, 6.07) is 8.34. The standard InChI is InChI=1S/C40H12Br8F6N2O4/c41-27-19-15-17-23(31(27)45)35(57)55(9-11-1-5-13(6-2-11)39(49,50)51)36(58)24(17)32(46)28(42)20(15)22-16-18-25(33(47)29(43)21(16)19)37(59)56(38(60)26(18)34(48)30(22)44)10-12-3-7-14(8-4-12)40(52,53)54/h1-8H,9-10H2. The normalized spacial score (nSPS) is 14.7. The number of hydrogen-bond acceptors (Lipinski definition) is 4. The van der Waals surface area contributed by atoms with Gasteiger partial charge in [-0.25, -0.2) is 0 Å². The summed E-state index contributed by atoms with van der Waals surface area (Å²) in [5.74, 6) is -2.86. The number of benzene rings is 7. The van der Waals surface area contributed by atoms with Crippen molar-refractivity contribution in [1.29, 1.82) is 0 Å². The SMILES string of the molecule is O=C1c2c(Br)c(Br)c3c4c(Br)c(Br)c5c6c(c(Br)c(Br)c(c7c(Br)c(Br)c(c2c37)C(=O)N1Cc1ccc(C(F)(F)F)cc1)c64)C(=O)N(Cc1ccc(C(F)(F)F)cc1)C5=O. The maximum atomic E-state index is 14.5. The third-order valence-corrected chi connectivity index (χ3v) is 19.1. The molecule has 0 saturated heterocycles. The number of rotatable bonds is 4. The van der Waals surface area contributed by atoms with Crippen LogP contribution in [0.2, 0.25) is 0 Å². The van der Waals surface area contributed by atoms with Crippen molar-refractivity contribution in [3.8, 4) is 0 Å². The molecule has 20 heteroatoms. The summed E-state index contributed by atoms with van der Waals surface area (Å²) in [5, 5.41) is 3.39. The minimum absolute atomic E-state index is 0.0975. The first-order valence-electron chi connectivity index (χ1n) is 16.8. The molecule has 0 atom stereocenters. The van der Waals surface area contributed by atoms with Gasteiger partial charge in [-0.3, -0.25) is 29.0 Å². The molecular weight excluding hydrogens is 1330 g/mol. The van der Waals surface area contributed by atoms with Gasteiger partial charge in [0.05, 0.1) is 46.5 Å². The van der Waals surface area contributed by atoms with E-state index < -0.39 is 47.1 Å². The first-order chi connectivity index (χ1) is 28.1. The molecule has 6 nitrogen and oxygen atoms in total. The molecule has 0 saturated carbocycles. The van der Waals surface area contributed by atoms with E-state index in [4.69, 9.17) is 0 Å². The number of nitrogens with zero attached hydrogens (tertiary/aromatic N) is 2. The van der Waals surface area contributed by atoms with Crippen molar-refractivity contribution in [1.82, 2.24) is 9.80 Å². The zero-order valence-electron chi connectivity index (χ0n) is 28.9. The van der Waals surface area contributed by atoms with E-state index >= 15 is 0 Å². The van der Waals surface area contributed by atoms with Gasteiger partial charge in [0.25, 0.3) is 23.6 Å². The lowest BCUT2D eigenvalue weighted by Crippen LogP contribution is -2.40. The molecule has 0 fully saturated rings. The highest BCUT2D eigenvalue weighted by Gasteiger charge is 2.44. The Balaban J connectivity index is 1.32. The molecule has 7 aromatic carbocycles. The first kappa shape index (κ1) is 42.8. The van der Waals surface area contributed by atoms with E-state index in [1.165, 1.54) is 24.3 Å². The molecule has 0 bridgehead atoms. The second-order valence-electron chi connectivity index (χ2n) is 13.8. The summed E-state index contributed by atoms with van der Waals surface area (Å²) in [6.45, 7) is -0.673. The highest BCUT2D eigenvalue weighted by molar-refractivity contribution is 9.14. The van der Waals surface area contributed by atoms with Crippen LogP contribution < -0.4 is 0 Å². The van der Waals surface area contributed by atoms with Crippen LogP contribution >= 0.6 is 127 Å². The van der Waals surface area contributed by atoms with Crippen LogP contribution in [0.4, 0.5) is 26.3 Å². The lowest BCUT2D eigenvalue weighted by atomic mass is 9.82. The largest absolute Gasteiger partial charge is 0.416 e. The summed E-state index contributed by atoms with van der Waals surface area (Å²) in [5.41, 5.74) is -0.817. The maximum Gasteiger partial charge on any atom is 0.416 e. The van der Waals surface area contributed by atoms with Crippen LogP contribution in [-0.2, 0) is 25.4 Å². The van der Waals surface area contributed by atoms with Gasteiger partial charge in [-0.05, 0) is 163 Å². The first-order valence-corrected chi connectivity index (χ1v) is 23.2. The van der Waals surface area contributed by atoms with E-state index in [0.29, 0.717) is 50.2 Å². The number of alkyl halides is 6. The molecule has 0 spiro atoms. The van der Waals surface area contributed by atoms with Crippen LogP contribution in [0.15, 0.2) is 84.3 Å². The van der Waals surface area contributed by atoms with Crippen LogP contribution in [0.25, 0.3) is 43.1 Å². The predicted octanol–water partition coefficient (Wildman–Crippen LogP) is 15.5. The van der Waals surface area contributed by atoms with Crippen molar-refractivity contribution in [3.63, 3.8) is 0 Å². The Kier molecular flexibility index (Phi) is 10.4. The highest BCUT2D eigenvalue weighted by atomic mass is 79.9. The molecule has 9 rings (SSSR count). The number of fused-ring (bicyclic) bond motifs is 2. The van der Waals surface area contributed by atoms with Gasteiger partial charge in [0, 0.05) is 78.9 Å². The molecule has 2 heterocycles. The minimum atomic E-state index is -4.58. The Morgan fingerprint density at radius 1 is 0.350 bits per heavy atom. The van der Waals surface area contributed by atoms with Crippen molar-refractivity contribution >= 4 is 194 Å². The number of halogens is 14.